The first-order chi connectivity index (χ1) is 10.2. The fourth-order valence-corrected chi connectivity index (χ4v) is 2.41. The Labute approximate surface area is 123 Å². The van der Waals surface area contributed by atoms with Crippen LogP contribution in [0.25, 0.3) is 0 Å². The van der Waals surface area contributed by atoms with Crippen molar-refractivity contribution in [1.29, 1.82) is 0 Å². The second kappa shape index (κ2) is 5.60. The van der Waals surface area contributed by atoms with Crippen molar-refractivity contribution in [2.24, 2.45) is 0 Å². The SMILES string of the molecule is CCN(Cc1ccccc1N)c1cc(=O)[nH]c(C2CC2)n1. The van der Waals surface area contributed by atoms with Gasteiger partial charge in [-0.3, -0.25) is 4.79 Å². The number of hydrogen-bond donors (Lipinski definition) is 2. The minimum atomic E-state index is -0.0821. The minimum absolute atomic E-state index is 0.0821. The zero-order valence-corrected chi connectivity index (χ0v) is 12.2. The first kappa shape index (κ1) is 13.7. The third-order valence-corrected chi connectivity index (χ3v) is 3.83. The van der Waals surface area contributed by atoms with Gasteiger partial charge >= 0.3 is 0 Å². The molecule has 0 amide bonds. The lowest BCUT2D eigenvalue weighted by molar-refractivity contribution is 0.791. The summed E-state index contributed by atoms with van der Waals surface area (Å²) in [5.74, 6) is 1.97. The molecule has 1 aromatic heterocycles. The molecule has 0 radical (unpaired) electrons. The molecule has 0 bridgehead atoms. The van der Waals surface area contributed by atoms with E-state index in [4.69, 9.17) is 5.73 Å². The molecule has 0 atom stereocenters. The first-order valence-corrected chi connectivity index (χ1v) is 7.37. The van der Waals surface area contributed by atoms with E-state index < -0.39 is 0 Å². The number of nitrogens with zero attached hydrogens (tertiary/aromatic N) is 2. The van der Waals surface area contributed by atoms with E-state index in [1.165, 1.54) is 0 Å². The van der Waals surface area contributed by atoms with Gasteiger partial charge in [-0.25, -0.2) is 4.98 Å². The summed E-state index contributed by atoms with van der Waals surface area (Å²) in [7, 11) is 0. The van der Waals surface area contributed by atoms with Crippen LogP contribution in [-0.4, -0.2) is 16.5 Å². The summed E-state index contributed by atoms with van der Waals surface area (Å²) in [6.07, 6.45) is 2.23. The number of benzene rings is 1. The van der Waals surface area contributed by atoms with Crippen molar-refractivity contribution in [2.45, 2.75) is 32.2 Å². The van der Waals surface area contributed by atoms with Crippen molar-refractivity contribution < 1.29 is 0 Å². The number of nitrogens with one attached hydrogen (secondary N) is 1. The summed E-state index contributed by atoms with van der Waals surface area (Å²) in [6, 6.07) is 9.36. The van der Waals surface area contributed by atoms with E-state index >= 15 is 0 Å². The lowest BCUT2D eigenvalue weighted by atomic mass is 10.1. The molecule has 5 heteroatoms. The number of aromatic amines is 1. The summed E-state index contributed by atoms with van der Waals surface area (Å²) in [5.41, 5.74) is 7.74. The Morgan fingerprint density at radius 3 is 2.81 bits per heavy atom. The summed E-state index contributed by atoms with van der Waals surface area (Å²) in [4.78, 5) is 21.4. The van der Waals surface area contributed by atoms with Gasteiger partial charge in [0.05, 0.1) is 0 Å². The number of nitrogens with two attached hydrogens (primary N) is 1. The second-order valence-corrected chi connectivity index (χ2v) is 5.48. The van der Waals surface area contributed by atoms with E-state index in [-0.39, 0.29) is 5.56 Å². The number of nitrogen functional groups attached to an aromatic ring is 1. The van der Waals surface area contributed by atoms with Gasteiger partial charge in [0.25, 0.3) is 5.56 Å². The summed E-state index contributed by atoms with van der Waals surface area (Å²) in [6.45, 7) is 3.48. The number of rotatable bonds is 5. The van der Waals surface area contributed by atoms with Crippen LogP contribution in [-0.2, 0) is 6.54 Å². The molecule has 0 unspecified atom stereocenters. The van der Waals surface area contributed by atoms with Crippen LogP contribution in [0.3, 0.4) is 0 Å². The zero-order valence-electron chi connectivity index (χ0n) is 12.2. The van der Waals surface area contributed by atoms with Crippen LogP contribution in [0.5, 0.6) is 0 Å². The highest BCUT2D eigenvalue weighted by Gasteiger charge is 2.27. The highest BCUT2D eigenvalue weighted by molar-refractivity contribution is 5.49. The van der Waals surface area contributed by atoms with Crippen LogP contribution in [0, 0.1) is 0 Å². The van der Waals surface area contributed by atoms with Gasteiger partial charge in [0, 0.05) is 30.8 Å². The van der Waals surface area contributed by atoms with Crippen LogP contribution in [0.2, 0.25) is 0 Å². The molecular weight excluding hydrogens is 264 g/mol. The molecule has 0 aliphatic heterocycles. The highest BCUT2D eigenvalue weighted by atomic mass is 16.1. The molecule has 1 aliphatic carbocycles. The van der Waals surface area contributed by atoms with Crippen LogP contribution in [0.1, 0.15) is 37.1 Å². The fraction of sp³-hybridized carbons (Fsp3) is 0.375. The molecule has 1 aliphatic rings. The Kier molecular flexibility index (Phi) is 3.64. The van der Waals surface area contributed by atoms with Crippen LogP contribution in [0.4, 0.5) is 11.5 Å². The molecule has 1 saturated carbocycles. The largest absolute Gasteiger partial charge is 0.398 e. The summed E-state index contributed by atoms with van der Waals surface area (Å²) in [5, 5.41) is 0. The zero-order chi connectivity index (χ0) is 14.8. The monoisotopic (exact) mass is 284 g/mol. The van der Waals surface area contributed by atoms with Crippen molar-refractivity contribution in [2.75, 3.05) is 17.2 Å². The van der Waals surface area contributed by atoms with Gasteiger partial charge in [0.15, 0.2) is 0 Å². The van der Waals surface area contributed by atoms with Crippen LogP contribution in [0.15, 0.2) is 35.1 Å². The van der Waals surface area contributed by atoms with Crippen molar-refractivity contribution in [1.82, 2.24) is 9.97 Å². The number of anilines is 2. The summed E-state index contributed by atoms with van der Waals surface area (Å²) < 4.78 is 0. The molecular formula is C16H20N4O. The third kappa shape index (κ3) is 3.07. The van der Waals surface area contributed by atoms with Crippen LogP contribution >= 0.6 is 0 Å². The maximum atomic E-state index is 11.8. The molecule has 110 valence electrons. The quantitative estimate of drug-likeness (QED) is 0.826. The molecule has 1 fully saturated rings. The van der Waals surface area contributed by atoms with Gasteiger partial charge in [0.1, 0.15) is 11.6 Å². The average molecular weight is 284 g/mol. The number of hydrogen-bond acceptors (Lipinski definition) is 4. The molecule has 3 N–H and O–H groups in total. The number of aromatic nitrogens is 2. The molecule has 1 aromatic carbocycles. The Morgan fingerprint density at radius 2 is 2.14 bits per heavy atom. The average Bonchev–Trinajstić information content (AvgIpc) is 3.30. The van der Waals surface area contributed by atoms with Gasteiger partial charge in [-0.15, -0.1) is 0 Å². The van der Waals surface area contributed by atoms with Gasteiger partial charge in [0.2, 0.25) is 0 Å². The van der Waals surface area contributed by atoms with Gasteiger partial charge < -0.3 is 15.6 Å². The lowest BCUT2D eigenvalue weighted by Crippen LogP contribution is -2.26. The highest BCUT2D eigenvalue weighted by Crippen LogP contribution is 2.38. The fourth-order valence-electron chi connectivity index (χ4n) is 2.41. The first-order valence-electron chi connectivity index (χ1n) is 7.37. The van der Waals surface area contributed by atoms with E-state index in [1.54, 1.807) is 6.07 Å². The second-order valence-electron chi connectivity index (χ2n) is 5.48. The summed E-state index contributed by atoms with van der Waals surface area (Å²) >= 11 is 0. The topological polar surface area (TPSA) is 75.0 Å². The maximum absolute atomic E-state index is 11.8. The molecule has 1 heterocycles. The number of H-pyrrole nitrogens is 1. The van der Waals surface area contributed by atoms with Crippen molar-refractivity contribution in [3.63, 3.8) is 0 Å². The molecule has 21 heavy (non-hydrogen) atoms. The predicted octanol–water partition coefficient (Wildman–Crippen LogP) is 2.26. The number of para-hydroxylation sites is 1. The Hall–Kier alpha value is -2.30. The third-order valence-electron chi connectivity index (χ3n) is 3.83. The maximum Gasteiger partial charge on any atom is 0.252 e. The van der Waals surface area contributed by atoms with Gasteiger partial charge in [-0.1, -0.05) is 18.2 Å². The van der Waals surface area contributed by atoms with Gasteiger partial charge in [-0.05, 0) is 31.4 Å². The van der Waals surface area contributed by atoms with Crippen molar-refractivity contribution in [3.8, 4) is 0 Å². The van der Waals surface area contributed by atoms with E-state index in [1.807, 2.05) is 24.3 Å². The van der Waals surface area contributed by atoms with Crippen LogP contribution < -0.4 is 16.2 Å². The molecule has 0 saturated heterocycles. The smallest absolute Gasteiger partial charge is 0.252 e. The Bertz CT molecular complexity index is 691. The lowest BCUT2D eigenvalue weighted by Gasteiger charge is -2.23. The Balaban J connectivity index is 1.89. The molecule has 0 spiro atoms. The molecule has 5 nitrogen and oxygen atoms in total. The predicted molar refractivity (Wildman–Crippen MR) is 84.4 cm³/mol. The van der Waals surface area contributed by atoms with E-state index in [0.29, 0.717) is 12.5 Å². The standard InChI is InChI=1S/C16H20N4O/c1-2-20(10-12-5-3-4-6-13(12)17)14-9-15(21)19-16(18-14)11-7-8-11/h3-6,9,11H,2,7-8,10,17H2,1H3,(H,18,19,21). The van der Waals surface area contributed by atoms with E-state index in [9.17, 15) is 4.79 Å². The van der Waals surface area contributed by atoms with E-state index in [0.717, 1.165) is 42.3 Å². The molecule has 3 rings (SSSR count). The Morgan fingerprint density at radius 1 is 1.38 bits per heavy atom. The minimum Gasteiger partial charge on any atom is -0.398 e. The normalized spacial score (nSPS) is 14.1. The van der Waals surface area contributed by atoms with Crippen molar-refractivity contribution >= 4 is 11.5 Å². The van der Waals surface area contributed by atoms with Crippen molar-refractivity contribution in [3.05, 3.63) is 52.1 Å². The van der Waals surface area contributed by atoms with E-state index in [2.05, 4.69) is 21.8 Å². The molecule has 2 aromatic rings. The van der Waals surface area contributed by atoms with Gasteiger partial charge in [-0.2, -0.15) is 0 Å².